The van der Waals surface area contributed by atoms with Crippen molar-refractivity contribution in [2.45, 2.75) is 38.1 Å². The summed E-state index contributed by atoms with van der Waals surface area (Å²) in [6.45, 7) is 0.644. The summed E-state index contributed by atoms with van der Waals surface area (Å²) in [6, 6.07) is 7.13. The number of nitrogens with zero attached hydrogens (tertiary/aromatic N) is 6. The number of piperidine rings is 1. The number of fused-ring (bicyclic) bond motifs is 1. The fourth-order valence-electron chi connectivity index (χ4n) is 4.54. The second-order valence-electron chi connectivity index (χ2n) is 9.29. The Morgan fingerprint density at radius 3 is 2.70 bits per heavy atom. The summed E-state index contributed by atoms with van der Waals surface area (Å²) < 4.78 is 48.7. The number of amides is 1. The van der Waals surface area contributed by atoms with Crippen molar-refractivity contribution >= 4 is 22.5 Å². The van der Waals surface area contributed by atoms with E-state index in [4.69, 9.17) is 4.52 Å². The second kappa shape index (κ2) is 9.88. The first-order valence-electron chi connectivity index (χ1n) is 11.9. The van der Waals surface area contributed by atoms with Gasteiger partial charge in [-0.05, 0) is 51.2 Å². The summed E-state index contributed by atoms with van der Waals surface area (Å²) in [5.74, 6) is -0.299. The van der Waals surface area contributed by atoms with Gasteiger partial charge in [-0.2, -0.15) is 23.3 Å². The van der Waals surface area contributed by atoms with E-state index < -0.39 is 12.7 Å². The van der Waals surface area contributed by atoms with Gasteiger partial charge in [0.2, 0.25) is 0 Å². The second-order valence-corrected chi connectivity index (χ2v) is 9.29. The van der Waals surface area contributed by atoms with Crippen molar-refractivity contribution in [1.29, 1.82) is 0 Å². The Kier molecular flexibility index (Phi) is 6.63. The van der Waals surface area contributed by atoms with Gasteiger partial charge in [0, 0.05) is 30.4 Å². The smallest absolute Gasteiger partial charge is 0.382 e. The number of anilines is 1. The molecule has 0 bridgehead atoms. The van der Waals surface area contributed by atoms with Gasteiger partial charge in [0.25, 0.3) is 11.8 Å². The first-order chi connectivity index (χ1) is 17.7. The number of aromatic nitrogens is 5. The van der Waals surface area contributed by atoms with Gasteiger partial charge in [-0.25, -0.2) is 0 Å². The van der Waals surface area contributed by atoms with E-state index in [1.165, 1.54) is 10.9 Å². The van der Waals surface area contributed by atoms with Crippen molar-refractivity contribution in [3.05, 3.63) is 48.0 Å². The highest BCUT2D eigenvalue weighted by molar-refractivity contribution is 5.96. The molecule has 1 aliphatic heterocycles. The lowest BCUT2D eigenvalue weighted by Gasteiger charge is -2.30. The average molecular weight is 517 g/mol. The number of nitrogens with one attached hydrogen (secondary N) is 2. The molecular weight excluding hydrogens is 489 g/mol. The zero-order valence-electron chi connectivity index (χ0n) is 20.4. The molecule has 0 radical (unpaired) electrons. The fourth-order valence-corrected chi connectivity index (χ4v) is 4.54. The summed E-state index contributed by atoms with van der Waals surface area (Å²) in [5, 5.41) is 14.6. The summed E-state index contributed by atoms with van der Waals surface area (Å²) in [7, 11) is 3.76. The van der Waals surface area contributed by atoms with Crippen LogP contribution in [0.15, 0.2) is 41.2 Å². The maximum Gasteiger partial charge on any atom is 0.406 e. The molecule has 196 valence electrons. The molecule has 0 spiro atoms. The lowest BCUT2D eigenvalue weighted by molar-refractivity contribution is -0.139. The molecule has 4 heterocycles. The number of carbonyl (C=O) groups is 1. The van der Waals surface area contributed by atoms with Crippen LogP contribution in [0.1, 0.15) is 29.0 Å². The summed E-state index contributed by atoms with van der Waals surface area (Å²) >= 11 is 0. The van der Waals surface area contributed by atoms with Crippen LogP contribution in [-0.4, -0.2) is 67.7 Å². The lowest BCUT2D eigenvalue weighted by Crippen LogP contribution is -2.36. The molecule has 0 aliphatic carbocycles. The topological polar surface area (TPSA) is 106 Å². The number of carbonyl (C=O) groups excluding carboxylic acids is 1. The van der Waals surface area contributed by atoms with E-state index in [2.05, 4.69) is 37.8 Å². The zero-order chi connectivity index (χ0) is 26.2. The Labute approximate surface area is 210 Å². The number of likely N-dealkylation sites (tertiary alicyclic amines) is 1. The Morgan fingerprint density at radius 2 is 2.00 bits per heavy atom. The van der Waals surface area contributed by atoms with Crippen LogP contribution in [0.25, 0.3) is 22.5 Å². The quantitative estimate of drug-likeness (QED) is 0.388. The Morgan fingerprint density at radius 1 is 1.22 bits per heavy atom. The van der Waals surface area contributed by atoms with Crippen molar-refractivity contribution in [3.63, 3.8) is 0 Å². The normalized spacial score (nSPS) is 15.4. The third-order valence-electron chi connectivity index (χ3n) is 6.42. The Hall–Kier alpha value is -3.87. The predicted molar refractivity (Wildman–Crippen MR) is 130 cm³/mol. The Balaban J connectivity index is 1.42. The van der Waals surface area contributed by atoms with Crippen LogP contribution in [0.3, 0.4) is 0 Å². The first-order valence-corrected chi connectivity index (χ1v) is 11.9. The van der Waals surface area contributed by atoms with Crippen molar-refractivity contribution in [3.8, 4) is 11.6 Å². The van der Waals surface area contributed by atoms with Crippen molar-refractivity contribution in [2.75, 3.05) is 25.5 Å². The number of alkyl halides is 3. The van der Waals surface area contributed by atoms with Crippen molar-refractivity contribution in [2.24, 2.45) is 7.05 Å². The number of hydrogen-bond donors (Lipinski definition) is 2. The highest BCUT2D eigenvalue weighted by atomic mass is 19.4. The summed E-state index contributed by atoms with van der Waals surface area (Å²) in [6.07, 6.45) is 0.410. The van der Waals surface area contributed by atoms with Crippen LogP contribution in [0.2, 0.25) is 0 Å². The maximum absolute atomic E-state index is 13.6. The van der Waals surface area contributed by atoms with E-state index in [1.54, 1.807) is 31.4 Å². The van der Waals surface area contributed by atoms with E-state index in [0.717, 1.165) is 36.2 Å². The van der Waals surface area contributed by atoms with Gasteiger partial charge in [-0.3, -0.25) is 9.48 Å². The molecule has 4 aromatic rings. The molecule has 37 heavy (non-hydrogen) atoms. The molecule has 1 fully saturated rings. The number of halogens is 3. The molecule has 0 unspecified atom stereocenters. The highest BCUT2D eigenvalue weighted by Crippen LogP contribution is 2.35. The summed E-state index contributed by atoms with van der Waals surface area (Å²) in [5.41, 5.74) is 1.69. The van der Waals surface area contributed by atoms with Gasteiger partial charge in [0.15, 0.2) is 5.82 Å². The van der Waals surface area contributed by atoms with E-state index in [-0.39, 0.29) is 35.9 Å². The minimum absolute atomic E-state index is 0.0559. The standard InChI is InChI=1S/C24H27F3N8O2/c1-33-8-6-16(7-9-33)30-18-4-3-5-19-17(18)10-20(35(19)14-24(25,26)27)23-31-21(32-37-23)12-28-22(36)15-11-29-34(2)13-15/h3-5,10-11,13,16,30H,6-9,12,14H2,1-2H3,(H,28,36). The van der Waals surface area contributed by atoms with E-state index in [1.807, 2.05) is 6.07 Å². The first kappa shape index (κ1) is 24.8. The number of rotatable bonds is 7. The highest BCUT2D eigenvalue weighted by Gasteiger charge is 2.31. The van der Waals surface area contributed by atoms with Crippen LogP contribution in [0.5, 0.6) is 0 Å². The van der Waals surface area contributed by atoms with Gasteiger partial charge in [-0.15, -0.1) is 0 Å². The predicted octanol–water partition coefficient (Wildman–Crippen LogP) is 3.42. The van der Waals surface area contributed by atoms with Crippen molar-refractivity contribution < 1.29 is 22.5 Å². The van der Waals surface area contributed by atoms with Gasteiger partial charge in [-0.1, -0.05) is 11.2 Å². The number of hydrogen-bond acceptors (Lipinski definition) is 7. The molecule has 10 nitrogen and oxygen atoms in total. The molecule has 1 aromatic carbocycles. The summed E-state index contributed by atoms with van der Waals surface area (Å²) in [4.78, 5) is 18.8. The molecule has 3 aromatic heterocycles. The molecule has 1 amide bonds. The number of aryl methyl sites for hydroxylation is 1. The van der Waals surface area contributed by atoms with Gasteiger partial charge < -0.3 is 24.6 Å². The van der Waals surface area contributed by atoms with Crippen LogP contribution < -0.4 is 10.6 Å². The SMILES string of the molecule is CN1CCC(Nc2cccc3c2cc(-c2nc(CNC(=O)c4cnn(C)c4)no2)n3CC(F)(F)F)CC1. The average Bonchev–Trinajstić information content (AvgIpc) is 3.58. The molecule has 5 rings (SSSR count). The third-order valence-corrected chi connectivity index (χ3v) is 6.42. The van der Waals surface area contributed by atoms with Crippen LogP contribution in [-0.2, 0) is 20.1 Å². The van der Waals surface area contributed by atoms with Gasteiger partial charge >= 0.3 is 6.18 Å². The lowest BCUT2D eigenvalue weighted by atomic mass is 10.0. The minimum atomic E-state index is -4.46. The fraction of sp³-hybridized carbons (Fsp3) is 0.417. The van der Waals surface area contributed by atoms with E-state index in [9.17, 15) is 18.0 Å². The van der Waals surface area contributed by atoms with E-state index >= 15 is 0 Å². The molecule has 1 aliphatic rings. The van der Waals surface area contributed by atoms with Gasteiger partial charge in [0.05, 0.1) is 23.8 Å². The van der Waals surface area contributed by atoms with Crippen molar-refractivity contribution in [1.82, 2.24) is 34.7 Å². The minimum Gasteiger partial charge on any atom is -0.382 e. The van der Waals surface area contributed by atoms with Crippen LogP contribution >= 0.6 is 0 Å². The monoisotopic (exact) mass is 516 g/mol. The van der Waals surface area contributed by atoms with E-state index in [0.29, 0.717) is 16.5 Å². The molecular formula is C24H27F3N8O2. The van der Waals surface area contributed by atoms with Crippen LogP contribution in [0.4, 0.5) is 18.9 Å². The molecule has 0 atom stereocenters. The molecule has 2 N–H and O–H groups in total. The third kappa shape index (κ3) is 5.61. The maximum atomic E-state index is 13.6. The molecule has 1 saturated heterocycles. The van der Waals surface area contributed by atoms with Gasteiger partial charge in [0.1, 0.15) is 12.2 Å². The van der Waals surface area contributed by atoms with Crippen LogP contribution in [0, 0.1) is 0 Å². The number of benzene rings is 1. The molecule has 13 heteroatoms. The largest absolute Gasteiger partial charge is 0.406 e. The molecule has 0 saturated carbocycles. The zero-order valence-corrected chi connectivity index (χ0v) is 20.4. The Bertz CT molecular complexity index is 1400.